The normalized spacial score (nSPS) is 11.8. The standard InChI is InChI=1S/C28H26N2O5S/c1-21(28(31)29-26-15-9-10-16-27(26)35-24-13-7-4-8-14-24)30(36(2,32)33)22-17-19-25(20-18-22)34-23-11-5-3-6-12-23/h3-21H,1-2H3,(H,29,31)/t21-/m1/s1. The van der Waals surface area contributed by atoms with Crippen LogP contribution in [0.5, 0.6) is 23.0 Å². The van der Waals surface area contributed by atoms with Crippen molar-refractivity contribution in [3.8, 4) is 23.0 Å². The highest BCUT2D eigenvalue weighted by atomic mass is 32.2. The highest BCUT2D eigenvalue weighted by Gasteiger charge is 2.29. The third-order valence-corrected chi connectivity index (χ3v) is 6.52. The van der Waals surface area contributed by atoms with Crippen LogP contribution < -0.4 is 19.1 Å². The van der Waals surface area contributed by atoms with Gasteiger partial charge in [0.1, 0.15) is 23.3 Å². The number of hydrogen-bond acceptors (Lipinski definition) is 5. The lowest BCUT2D eigenvalue weighted by molar-refractivity contribution is -0.116. The number of nitrogens with zero attached hydrogens (tertiary/aromatic N) is 1. The predicted octanol–water partition coefficient (Wildman–Crippen LogP) is 6.06. The van der Waals surface area contributed by atoms with Crippen LogP contribution in [0, 0.1) is 0 Å². The zero-order valence-corrected chi connectivity index (χ0v) is 20.7. The maximum absolute atomic E-state index is 13.2. The van der Waals surface area contributed by atoms with Crippen LogP contribution >= 0.6 is 0 Å². The largest absolute Gasteiger partial charge is 0.457 e. The Morgan fingerprint density at radius 2 is 1.22 bits per heavy atom. The van der Waals surface area contributed by atoms with Gasteiger partial charge in [0.25, 0.3) is 0 Å². The Bertz CT molecular complexity index is 1410. The van der Waals surface area contributed by atoms with E-state index >= 15 is 0 Å². The lowest BCUT2D eigenvalue weighted by Crippen LogP contribution is -2.45. The Balaban J connectivity index is 1.53. The number of rotatable bonds is 9. The summed E-state index contributed by atoms with van der Waals surface area (Å²) >= 11 is 0. The molecule has 0 bridgehead atoms. The van der Waals surface area contributed by atoms with Crippen LogP contribution in [0.25, 0.3) is 0 Å². The number of ether oxygens (including phenoxy) is 2. The number of para-hydroxylation sites is 4. The first kappa shape index (κ1) is 24.8. The molecule has 1 N–H and O–H groups in total. The van der Waals surface area contributed by atoms with E-state index in [-0.39, 0.29) is 0 Å². The summed E-state index contributed by atoms with van der Waals surface area (Å²) in [6.45, 7) is 1.53. The molecule has 0 aliphatic heterocycles. The van der Waals surface area contributed by atoms with E-state index in [2.05, 4.69) is 5.32 Å². The van der Waals surface area contributed by atoms with E-state index in [4.69, 9.17) is 9.47 Å². The molecule has 0 aromatic heterocycles. The summed E-state index contributed by atoms with van der Waals surface area (Å²) in [5.41, 5.74) is 0.771. The van der Waals surface area contributed by atoms with Gasteiger partial charge in [0.2, 0.25) is 15.9 Å². The molecule has 0 radical (unpaired) electrons. The molecule has 0 aliphatic rings. The number of nitrogens with one attached hydrogen (secondary N) is 1. The fourth-order valence-corrected chi connectivity index (χ4v) is 4.78. The second-order valence-corrected chi connectivity index (χ2v) is 9.90. The number of hydrogen-bond donors (Lipinski definition) is 1. The molecule has 4 aromatic rings. The smallest absolute Gasteiger partial charge is 0.248 e. The van der Waals surface area contributed by atoms with Crippen LogP contribution in [0.15, 0.2) is 109 Å². The van der Waals surface area contributed by atoms with Crippen molar-refractivity contribution in [2.75, 3.05) is 15.9 Å². The average molecular weight is 503 g/mol. The minimum atomic E-state index is -3.78. The van der Waals surface area contributed by atoms with Crippen LogP contribution in [-0.2, 0) is 14.8 Å². The minimum Gasteiger partial charge on any atom is -0.457 e. The second-order valence-electron chi connectivity index (χ2n) is 8.04. The van der Waals surface area contributed by atoms with Crippen LogP contribution in [0.3, 0.4) is 0 Å². The lowest BCUT2D eigenvalue weighted by Gasteiger charge is -2.28. The first-order chi connectivity index (χ1) is 17.3. The van der Waals surface area contributed by atoms with Crippen LogP contribution in [0.1, 0.15) is 6.92 Å². The molecule has 0 saturated carbocycles. The molecule has 36 heavy (non-hydrogen) atoms. The summed E-state index contributed by atoms with van der Waals surface area (Å²) < 4.78 is 38.2. The molecule has 0 fully saturated rings. The Labute approximate surface area is 211 Å². The molecule has 0 spiro atoms. The van der Waals surface area contributed by atoms with Crippen molar-refractivity contribution in [3.05, 3.63) is 109 Å². The van der Waals surface area contributed by atoms with Crippen molar-refractivity contribution in [3.63, 3.8) is 0 Å². The van der Waals surface area contributed by atoms with Gasteiger partial charge in [-0.15, -0.1) is 0 Å². The monoisotopic (exact) mass is 502 g/mol. The lowest BCUT2D eigenvalue weighted by atomic mass is 10.2. The third-order valence-electron chi connectivity index (χ3n) is 5.27. The summed E-state index contributed by atoms with van der Waals surface area (Å²) in [5, 5.41) is 2.80. The molecule has 4 rings (SSSR count). The summed E-state index contributed by atoms with van der Waals surface area (Å²) in [6.07, 6.45) is 1.07. The zero-order chi connectivity index (χ0) is 25.5. The average Bonchev–Trinajstić information content (AvgIpc) is 2.87. The Kier molecular flexibility index (Phi) is 7.56. The quantitative estimate of drug-likeness (QED) is 0.301. The van der Waals surface area contributed by atoms with Crippen molar-refractivity contribution in [1.29, 1.82) is 0 Å². The van der Waals surface area contributed by atoms with Gasteiger partial charge < -0.3 is 14.8 Å². The number of anilines is 2. The van der Waals surface area contributed by atoms with Crippen molar-refractivity contribution < 1.29 is 22.7 Å². The van der Waals surface area contributed by atoms with Gasteiger partial charge in [-0.25, -0.2) is 8.42 Å². The van der Waals surface area contributed by atoms with Crippen molar-refractivity contribution in [2.24, 2.45) is 0 Å². The van der Waals surface area contributed by atoms with Crippen LogP contribution in [0.4, 0.5) is 11.4 Å². The SMILES string of the molecule is C[C@H](C(=O)Nc1ccccc1Oc1ccccc1)N(c1ccc(Oc2ccccc2)cc1)S(C)(=O)=O. The fourth-order valence-electron chi connectivity index (χ4n) is 3.61. The van der Waals surface area contributed by atoms with E-state index in [1.54, 1.807) is 60.7 Å². The number of sulfonamides is 1. The molecule has 4 aromatic carbocycles. The topological polar surface area (TPSA) is 84.9 Å². The van der Waals surface area contributed by atoms with Gasteiger partial charge in [-0.2, -0.15) is 0 Å². The second kappa shape index (κ2) is 11.0. The van der Waals surface area contributed by atoms with Crippen LogP contribution in [0.2, 0.25) is 0 Å². The molecular weight excluding hydrogens is 476 g/mol. The molecule has 7 nitrogen and oxygen atoms in total. The van der Waals surface area contributed by atoms with Crippen LogP contribution in [-0.4, -0.2) is 26.6 Å². The van der Waals surface area contributed by atoms with E-state index in [0.717, 1.165) is 10.6 Å². The minimum absolute atomic E-state index is 0.342. The Hall–Kier alpha value is -4.30. The molecular formula is C28H26N2O5S. The van der Waals surface area contributed by atoms with E-state index in [1.807, 2.05) is 48.5 Å². The molecule has 0 heterocycles. The number of carbonyl (C=O) groups excluding carboxylic acids is 1. The summed E-state index contributed by atoms with van der Waals surface area (Å²) in [6, 6.07) is 30.9. The summed E-state index contributed by atoms with van der Waals surface area (Å²) in [5.74, 6) is 1.76. The van der Waals surface area contributed by atoms with Gasteiger partial charge in [0, 0.05) is 0 Å². The van der Waals surface area contributed by atoms with E-state index in [9.17, 15) is 13.2 Å². The third kappa shape index (κ3) is 6.22. The van der Waals surface area contributed by atoms with Crippen molar-refractivity contribution in [2.45, 2.75) is 13.0 Å². The Morgan fingerprint density at radius 1 is 0.722 bits per heavy atom. The maximum Gasteiger partial charge on any atom is 0.248 e. The zero-order valence-electron chi connectivity index (χ0n) is 19.9. The van der Waals surface area contributed by atoms with Gasteiger partial charge >= 0.3 is 0 Å². The van der Waals surface area contributed by atoms with E-state index in [1.165, 1.54) is 6.92 Å². The van der Waals surface area contributed by atoms with Gasteiger partial charge in [0.15, 0.2) is 5.75 Å². The van der Waals surface area contributed by atoms with Gasteiger partial charge in [-0.3, -0.25) is 9.10 Å². The fraction of sp³-hybridized carbons (Fsp3) is 0.107. The highest BCUT2D eigenvalue weighted by Crippen LogP contribution is 2.31. The maximum atomic E-state index is 13.2. The van der Waals surface area contributed by atoms with Gasteiger partial charge in [-0.05, 0) is 67.6 Å². The molecule has 1 atom stereocenters. The number of benzene rings is 4. The first-order valence-electron chi connectivity index (χ1n) is 11.3. The van der Waals surface area contributed by atoms with Gasteiger partial charge in [0.05, 0.1) is 17.6 Å². The van der Waals surface area contributed by atoms with E-state index in [0.29, 0.717) is 34.4 Å². The highest BCUT2D eigenvalue weighted by molar-refractivity contribution is 7.92. The Morgan fingerprint density at radius 3 is 1.81 bits per heavy atom. The summed E-state index contributed by atoms with van der Waals surface area (Å²) in [4.78, 5) is 13.2. The molecule has 0 saturated heterocycles. The number of carbonyl (C=O) groups is 1. The first-order valence-corrected chi connectivity index (χ1v) is 13.1. The molecule has 184 valence electrons. The molecule has 8 heteroatoms. The number of amides is 1. The molecule has 0 aliphatic carbocycles. The van der Waals surface area contributed by atoms with E-state index < -0.39 is 22.0 Å². The predicted molar refractivity (Wildman–Crippen MR) is 141 cm³/mol. The molecule has 0 unspecified atom stereocenters. The molecule has 1 amide bonds. The van der Waals surface area contributed by atoms with Crippen molar-refractivity contribution >= 4 is 27.3 Å². The van der Waals surface area contributed by atoms with Gasteiger partial charge in [-0.1, -0.05) is 48.5 Å². The summed E-state index contributed by atoms with van der Waals surface area (Å²) in [7, 11) is -3.78. The van der Waals surface area contributed by atoms with Crippen molar-refractivity contribution in [1.82, 2.24) is 0 Å².